The van der Waals surface area contributed by atoms with Gasteiger partial charge in [-0.25, -0.2) is 0 Å². The predicted molar refractivity (Wildman–Crippen MR) is 55.6 cm³/mol. The monoisotopic (exact) mass is 192 g/mol. The van der Waals surface area contributed by atoms with Crippen LogP contribution in [0.2, 0.25) is 0 Å². The second-order valence-electron chi connectivity index (χ2n) is 3.81. The lowest BCUT2D eigenvalue weighted by Crippen LogP contribution is -2.08. The maximum atomic E-state index is 9.53. The fourth-order valence-electron chi connectivity index (χ4n) is 1.78. The van der Waals surface area contributed by atoms with E-state index in [0.717, 1.165) is 31.6 Å². The molecule has 1 heterocycles. The van der Waals surface area contributed by atoms with Crippen molar-refractivity contribution in [2.24, 2.45) is 0 Å². The van der Waals surface area contributed by atoms with Gasteiger partial charge in [-0.2, -0.15) is 0 Å². The van der Waals surface area contributed by atoms with Gasteiger partial charge in [0.15, 0.2) is 0 Å². The van der Waals surface area contributed by atoms with Crippen molar-refractivity contribution < 1.29 is 9.84 Å². The molecule has 14 heavy (non-hydrogen) atoms. The van der Waals surface area contributed by atoms with Crippen molar-refractivity contribution in [2.75, 3.05) is 6.61 Å². The van der Waals surface area contributed by atoms with Crippen molar-refractivity contribution in [1.82, 2.24) is 0 Å². The van der Waals surface area contributed by atoms with E-state index in [4.69, 9.17) is 4.74 Å². The van der Waals surface area contributed by atoms with E-state index in [9.17, 15) is 5.11 Å². The van der Waals surface area contributed by atoms with Gasteiger partial charge in [0.25, 0.3) is 0 Å². The molecule has 0 aliphatic carbocycles. The Kier molecular flexibility index (Phi) is 2.73. The highest BCUT2D eigenvalue weighted by molar-refractivity contribution is 5.39. The van der Waals surface area contributed by atoms with Gasteiger partial charge >= 0.3 is 0 Å². The fourth-order valence-corrected chi connectivity index (χ4v) is 1.78. The van der Waals surface area contributed by atoms with Crippen LogP contribution in [0.5, 0.6) is 5.75 Å². The van der Waals surface area contributed by atoms with Crippen LogP contribution < -0.4 is 4.74 Å². The summed E-state index contributed by atoms with van der Waals surface area (Å²) in [7, 11) is 0. The molecular weight excluding hydrogens is 176 g/mol. The molecule has 0 bridgehead atoms. The van der Waals surface area contributed by atoms with Gasteiger partial charge in [0.2, 0.25) is 0 Å². The highest BCUT2D eigenvalue weighted by Crippen LogP contribution is 2.26. The minimum absolute atomic E-state index is 0.213. The molecule has 1 atom stereocenters. The first kappa shape index (κ1) is 9.53. The molecular formula is C12H16O2. The zero-order valence-electron chi connectivity index (χ0n) is 8.49. The van der Waals surface area contributed by atoms with Gasteiger partial charge in [0, 0.05) is 6.42 Å². The average molecular weight is 192 g/mol. The standard InChI is InChI=1S/C12H16O2/c1-2-11(13)8-9-3-4-12-10(7-9)5-6-14-12/h3-4,7,11,13H,2,5-6,8H2,1H3/t11-/m0/s1. The molecule has 1 aromatic rings. The van der Waals surface area contributed by atoms with E-state index in [2.05, 4.69) is 6.07 Å². The molecule has 1 N–H and O–H groups in total. The Balaban J connectivity index is 2.12. The molecule has 1 aliphatic rings. The number of fused-ring (bicyclic) bond motifs is 1. The van der Waals surface area contributed by atoms with E-state index in [1.807, 2.05) is 19.1 Å². The molecule has 1 aromatic carbocycles. The summed E-state index contributed by atoms with van der Waals surface area (Å²) in [5.74, 6) is 1.01. The van der Waals surface area contributed by atoms with Gasteiger partial charge in [-0.1, -0.05) is 19.1 Å². The van der Waals surface area contributed by atoms with E-state index >= 15 is 0 Å². The molecule has 0 saturated carbocycles. The van der Waals surface area contributed by atoms with Crippen molar-refractivity contribution in [3.63, 3.8) is 0 Å². The molecule has 0 aromatic heterocycles. The van der Waals surface area contributed by atoms with E-state index in [1.165, 1.54) is 11.1 Å². The Morgan fingerprint density at radius 3 is 3.14 bits per heavy atom. The summed E-state index contributed by atoms with van der Waals surface area (Å²) in [5.41, 5.74) is 2.49. The fraction of sp³-hybridized carbons (Fsp3) is 0.500. The lowest BCUT2D eigenvalue weighted by atomic mass is 10.0. The molecule has 2 nitrogen and oxygen atoms in total. The lowest BCUT2D eigenvalue weighted by Gasteiger charge is -2.08. The van der Waals surface area contributed by atoms with Crippen LogP contribution in [-0.2, 0) is 12.8 Å². The topological polar surface area (TPSA) is 29.5 Å². The summed E-state index contributed by atoms with van der Waals surface area (Å²) < 4.78 is 5.42. The molecule has 0 spiro atoms. The van der Waals surface area contributed by atoms with Crippen LogP contribution >= 0.6 is 0 Å². The second kappa shape index (κ2) is 4.01. The maximum Gasteiger partial charge on any atom is 0.122 e. The molecule has 0 fully saturated rings. The molecule has 0 radical (unpaired) electrons. The molecule has 0 amide bonds. The van der Waals surface area contributed by atoms with Crippen LogP contribution in [0.1, 0.15) is 24.5 Å². The highest BCUT2D eigenvalue weighted by atomic mass is 16.5. The van der Waals surface area contributed by atoms with Crippen LogP contribution in [0, 0.1) is 0 Å². The number of aliphatic hydroxyl groups excluding tert-OH is 1. The number of aliphatic hydroxyl groups is 1. The molecule has 2 rings (SSSR count). The Morgan fingerprint density at radius 2 is 2.36 bits per heavy atom. The number of hydrogen-bond donors (Lipinski definition) is 1. The summed E-state index contributed by atoms with van der Waals surface area (Å²) in [5, 5.41) is 9.53. The van der Waals surface area contributed by atoms with Crippen LogP contribution in [0.25, 0.3) is 0 Å². The van der Waals surface area contributed by atoms with Crippen molar-refractivity contribution in [3.05, 3.63) is 29.3 Å². The zero-order chi connectivity index (χ0) is 9.97. The zero-order valence-corrected chi connectivity index (χ0v) is 8.49. The molecule has 76 valence electrons. The minimum Gasteiger partial charge on any atom is -0.493 e. The number of benzene rings is 1. The van der Waals surface area contributed by atoms with E-state index in [1.54, 1.807) is 0 Å². The summed E-state index contributed by atoms with van der Waals surface area (Å²) >= 11 is 0. The third kappa shape index (κ3) is 1.90. The first-order valence-electron chi connectivity index (χ1n) is 5.22. The first-order chi connectivity index (χ1) is 6.79. The molecule has 0 saturated heterocycles. The third-order valence-corrected chi connectivity index (χ3v) is 2.70. The van der Waals surface area contributed by atoms with E-state index < -0.39 is 0 Å². The van der Waals surface area contributed by atoms with Crippen molar-refractivity contribution in [3.8, 4) is 5.75 Å². The van der Waals surface area contributed by atoms with Gasteiger partial charge in [0.05, 0.1) is 12.7 Å². The largest absolute Gasteiger partial charge is 0.493 e. The third-order valence-electron chi connectivity index (χ3n) is 2.70. The van der Waals surface area contributed by atoms with Crippen molar-refractivity contribution >= 4 is 0 Å². The Morgan fingerprint density at radius 1 is 1.50 bits per heavy atom. The number of hydrogen-bond acceptors (Lipinski definition) is 2. The first-order valence-corrected chi connectivity index (χ1v) is 5.22. The van der Waals surface area contributed by atoms with E-state index in [0.29, 0.717) is 0 Å². The maximum absolute atomic E-state index is 9.53. The summed E-state index contributed by atoms with van der Waals surface area (Å²) in [4.78, 5) is 0. The highest BCUT2D eigenvalue weighted by Gasteiger charge is 2.12. The smallest absolute Gasteiger partial charge is 0.122 e. The normalized spacial score (nSPS) is 16.1. The second-order valence-corrected chi connectivity index (χ2v) is 3.81. The van der Waals surface area contributed by atoms with Crippen molar-refractivity contribution in [2.45, 2.75) is 32.3 Å². The summed E-state index contributed by atoms with van der Waals surface area (Å²) in [6.45, 7) is 2.80. The van der Waals surface area contributed by atoms with Gasteiger partial charge in [-0.15, -0.1) is 0 Å². The minimum atomic E-state index is -0.213. The quantitative estimate of drug-likeness (QED) is 0.793. The van der Waals surface area contributed by atoms with Crippen LogP contribution in [0.15, 0.2) is 18.2 Å². The van der Waals surface area contributed by atoms with Crippen LogP contribution in [-0.4, -0.2) is 17.8 Å². The molecule has 1 aliphatic heterocycles. The Bertz CT molecular complexity index is 320. The number of ether oxygens (including phenoxy) is 1. The van der Waals surface area contributed by atoms with Gasteiger partial charge in [0.1, 0.15) is 5.75 Å². The molecule has 2 heteroatoms. The summed E-state index contributed by atoms with van der Waals surface area (Å²) in [6.07, 6.45) is 2.36. The Hall–Kier alpha value is -1.02. The molecule has 0 unspecified atom stereocenters. The Labute approximate surface area is 84.5 Å². The van der Waals surface area contributed by atoms with Gasteiger partial charge in [-0.3, -0.25) is 0 Å². The lowest BCUT2D eigenvalue weighted by molar-refractivity contribution is 0.171. The van der Waals surface area contributed by atoms with Crippen LogP contribution in [0.3, 0.4) is 0 Å². The average Bonchev–Trinajstić information content (AvgIpc) is 2.64. The van der Waals surface area contributed by atoms with Gasteiger partial charge < -0.3 is 9.84 Å². The van der Waals surface area contributed by atoms with Crippen LogP contribution in [0.4, 0.5) is 0 Å². The van der Waals surface area contributed by atoms with Crippen molar-refractivity contribution in [1.29, 1.82) is 0 Å². The summed E-state index contributed by atoms with van der Waals surface area (Å²) in [6, 6.07) is 6.21. The van der Waals surface area contributed by atoms with Gasteiger partial charge in [-0.05, 0) is 30.0 Å². The van der Waals surface area contributed by atoms with E-state index in [-0.39, 0.29) is 6.10 Å². The predicted octanol–water partition coefficient (Wildman–Crippen LogP) is 1.93. The SMILES string of the molecule is CC[C@H](O)Cc1ccc2c(c1)CCO2. The number of rotatable bonds is 3.